The van der Waals surface area contributed by atoms with Gasteiger partial charge in [-0.3, -0.25) is 4.79 Å². The Hall–Kier alpha value is -2.71. The zero-order valence-electron chi connectivity index (χ0n) is 17.7. The predicted octanol–water partition coefficient (Wildman–Crippen LogP) is 5.19. The van der Waals surface area contributed by atoms with Gasteiger partial charge in [0, 0.05) is 11.4 Å². The lowest BCUT2D eigenvalue weighted by molar-refractivity contribution is -0.113. The van der Waals surface area contributed by atoms with Gasteiger partial charge in [-0.05, 0) is 38.1 Å². The first kappa shape index (κ1) is 23.0. The second-order valence-corrected chi connectivity index (χ2v) is 8.66. The molecule has 0 radical (unpaired) electrons. The van der Waals surface area contributed by atoms with Gasteiger partial charge in [-0.2, -0.15) is 0 Å². The molecule has 0 fully saturated rings. The monoisotopic (exact) mass is 454 g/mol. The van der Waals surface area contributed by atoms with Gasteiger partial charge in [-0.1, -0.05) is 47.7 Å². The van der Waals surface area contributed by atoms with E-state index >= 15 is 0 Å². The van der Waals surface area contributed by atoms with Crippen LogP contribution in [-0.2, 0) is 17.1 Å². The van der Waals surface area contributed by atoms with Gasteiger partial charge < -0.3 is 14.6 Å². The minimum atomic E-state index is -0.124. The van der Waals surface area contributed by atoms with Gasteiger partial charge in [0.15, 0.2) is 5.16 Å². The molecule has 0 saturated carbocycles. The van der Waals surface area contributed by atoms with Crippen LogP contribution < -0.4 is 10.1 Å². The topological polar surface area (TPSA) is 69.0 Å². The van der Waals surface area contributed by atoms with E-state index in [-0.39, 0.29) is 11.7 Å². The molecule has 0 aliphatic rings. The number of aromatic nitrogens is 3. The Kier molecular flexibility index (Phi) is 8.61. The molecule has 0 spiro atoms. The maximum Gasteiger partial charge on any atom is 0.234 e. The molecule has 1 heterocycles. The van der Waals surface area contributed by atoms with E-state index < -0.39 is 0 Å². The molecule has 3 rings (SSSR count). The fourth-order valence-corrected chi connectivity index (χ4v) is 4.40. The number of aryl methyl sites for hydroxylation is 1. The number of para-hydroxylation sites is 2. The maximum atomic E-state index is 12.5. The van der Waals surface area contributed by atoms with Crippen LogP contribution in [0.5, 0.6) is 5.75 Å². The number of hydrogen-bond donors (Lipinski definition) is 1. The summed E-state index contributed by atoms with van der Waals surface area (Å²) >= 11 is 3.07. The predicted molar refractivity (Wildman–Crippen MR) is 128 cm³/mol. The van der Waals surface area contributed by atoms with Crippen molar-refractivity contribution < 1.29 is 9.53 Å². The summed E-state index contributed by atoms with van der Waals surface area (Å²) < 4.78 is 7.56. The van der Waals surface area contributed by atoms with Crippen LogP contribution in [0.25, 0.3) is 0 Å². The van der Waals surface area contributed by atoms with Crippen molar-refractivity contribution >= 4 is 35.1 Å². The number of benzene rings is 2. The molecule has 6 nitrogen and oxygen atoms in total. The Balaban J connectivity index is 1.61. The lowest BCUT2D eigenvalue weighted by Gasteiger charge is -2.11. The Morgan fingerprint density at radius 1 is 1.16 bits per heavy atom. The van der Waals surface area contributed by atoms with Crippen LogP contribution >= 0.6 is 23.5 Å². The number of nitrogens with zero attached hydrogens (tertiary/aromatic N) is 3. The molecular formula is C23H26N4O2S2. The first-order valence-electron chi connectivity index (χ1n) is 9.97. The zero-order chi connectivity index (χ0) is 22.1. The van der Waals surface area contributed by atoms with Crippen LogP contribution in [0, 0.1) is 6.92 Å². The van der Waals surface area contributed by atoms with Gasteiger partial charge in [0.1, 0.15) is 11.6 Å². The van der Waals surface area contributed by atoms with E-state index in [0.717, 1.165) is 5.82 Å². The summed E-state index contributed by atoms with van der Waals surface area (Å²) in [6.07, 6.45) is 1.81. The molecule has 0 unspecified atom stereocenters. The van der Waals surface area contributed by atoms with Crippen molar-refractivity contribution in [1.29, 1.82) is 0 Å². The van der Waals surface area contributed by atoms with E-state index in [1.54, 1.807) is 11.8 Å². The van der Waals surface area contributed by atoms with Crippen molar-refractivity contribution in [3.63, 3.8) is 0 Å². The molecule has 162 valence electrons. The highest BCUT2D eigenvalue weighted by Crippen LogP contribution is 2.26. The third-order valence-electron chi connectivity index (χ3n) is 4.29. The van der Waals surface area contributed by atoms with Crippen molar-refractivity contribution in [2.45, 2.75) is 36.2 Å². The molecule has 0 saturated heterocycles. The average Bonchev–Trinajstić information content (AvgIpc) is 3.15. The lowest BCUT2D eigenvalue weighted by Crippen LogP contribution is -2.15. The van der Waals surface area contributed by atoms with Crippen molar-refractivity contribution in [3.05, 3.63) is 72.6 Å². The van der Waals surface area contributed by atoms with E-state index in [1.165, 1.54) is 22.2 Å². The minimum absolute atomic E-state index is 0.124. The molecule has 31 heavy (non-hydrogen) atoms. The highest BCUT2D eigenvalue weighted by molar-refractivity contribution is 7.99. The summed E-state index contributed by atoms with van der Waals surface area (Å²) in [5.74, 6) is 2.31. The second-order valence-electron chi connectivity index (χ2n) is 6.67. The third-order valence-corrected chi connectivity index (χ3v) is 6.26. The SMILES string of the molecule is C=CCn1c(CSc2ccc(C)cc2)nnc1SCC(=O)Nc1ccccc1OCC. The van der Waals surface area contributed by atoms with Crippen molar-refractivity contribution in [2.24, 2.45) is 0 Å². The first-order chi connectivity index (χ1) is 15.1. The summed E-state index contributed by atoms with van der Waals surface area (Å²) in [6, 6.07) is 15.8. The minimum Gasteiger partial charge on any atom is -0.492 e. The quantitative estimate of drug-likeness (QED) is 0.317. The smallest absolute Gasteiger partial charge is 0.234 e. The average molecular weight is 455 g/mol. The number of carbonyl (C=O) groups excluding carboxylic acids is 1. The largest absolute Gasteiger partial charge is 0.492 e. The van der Waals surface area contributed by atoms with Crippen LogP contribution in [0.15, 0.2) is 71.2 Å². The number of allylic oxidation sites excluding steroid dienone is 1. The summed E-state index contributed by atoms with van der Waals surface area (Å²) in [5, 5.41) is 12.2. The molecular weight excluding hydrogens is 428 g/mol. The van der Waals surface area contributed by atoms with Crippen LogP contribution in [0.3, 0.4) is 0 Å². The summed E-state index contributed by atoms with van der Waals surface area (Å²) in [4.78, 5) is 13.7. The molecule has 3 aromatic rings. The maximum absolute atomic E-state index is 12.5. The number of thioether (sulfide) groups is 2. The standard InChI is InChI=1S/C23H26N4O2S2/c1-4-14-27-21(15-30-18-12-10-17(3)11-13-18)25-26-23(27)31-16-22(28)24-19-8-6-7-9-20(19)29-5-2/h4,6-13H,1,5,14-16H2,2-3H3,(H,24,28). The fourth-order valence-electron chi connectivity index (χ4n) is 2.80. The van der Waals surface area contributed by atoms with Crippen LogP contribution in [0.2, 0.25) is 0 Å². The number of nitrogens with one attached hydrogen (secondary N) is 1. The number of ether oxygens (including phenoxy) is 1. The van der Waals surface area contributed by atoms with Gasteiger partial charge in [-0.25, -0.2) is 0 Å². The summed E-state index contributed by atoms with van der Waals surface area (Å²) in [5.41, 5.74) is 1.90. The fraction of sp³-hybridized carbons (Fsp3) is 0.261. The highest BCUT2D eigenvalue weighted by Gasteiger charge is 2.15. The molecule has 1 amide bonds. The molecule has 0 atom stereocenters. The molecule has 1 N–H and O–H groups in total. The van der Waals surface area contributed by atoms with Gasteiger partial charge in [0.05, 0.1) is 23.8 Å². The van der Waals surface area contributed by atoms with E-state index in [0.29, 0.717) is 35.5 Å². The normalized spacial score (nSPS) is 10.6. The molecule has 1 aromatic heterocycles. The summed E-state index contributed by atoms with van der Waals surface area (Å²) in [7, 11) is 0. The van der Waals surface area contributed by atoms with E-state index in [1.807, 2.05) is 41.8 Å². The van der Waals surface area contributed by atoms with Gasteiger partial charge in [-0.15, -0.1) is 28.5 Å². The molecule has 0 bridgehead atoms. The van der Waals surface area contributed by atoms with Crippen molar-refractivity contribution in [2.75, 3.05) is 17.7 Å². The number of anilines is 1. The van der Waals surface area contributed by atoms with Crippen LogP contribution in [0.4, 0.5) is 5.69 Å². The Labute approximate surface area is 191 Å². The van der Waals surface area contributed by atoms with E-state index in [2.05, 4.69) is 53.3 Å². The van der Waals surface area contributed by atoms with Gasteiger partial charge >= 0.3 is 0 Å². The first-order valence-corrected chi connectivity index (χ1v) is 11.9. The molecule has 2 aromatic carbocycles. The number of hydrogen-bond acceptors (Lipinski definition) is 6. The highest BCUT2D eigenvalue weighted by atomic mass is 32.2. The number of rotatable bonds is 11. The second kappa shape index (κ2) is 11.6. The summed E-state index contributed by atoms with van der Waals surface area (Å²) in [6.45, 7) is 8.95. The molecule has 8 heteroatoms. The van der Waals surface area contributed by atoms with Crippen LogP contribution in [0.1, 0.15) is 18.3 Å². The van der Waals surface area contributed by atoms with Crippen LogP contribution in [-0.4, -0.2) is 33.0 Å². The Morgan fingerprint density at radius 2 is 1.94 bits per heavy atom. The zero-order valence-corrected chi connectivity index (χ0v) is 19.3. The third kappa shape index (κ3) is 6.63. The van der Waals surface area contributed by atoms with Gasteiger partial charge in [0.25, 0.3) is 0 Å². The van der Waals surface area contributed by atoms with Gasteiger partial charge in [0.2, 0.25) is 5.91 Å². The van der Waals surface area contributed by atoms with E-state index in [4.69, 9.17) is 4.74 Å². The molecule has 0 aliphatic carbocycles. The van der Waals surface area contributed by atoms with E-state index in [9.17, 15) is 4.79 Å². The lowest BCUT2D eigenvalue weighted by atomic mass is 10.2. The number of amides is 1. The Bertz CT molecular complexity index is 1020. The molecule has 0 aliphatic heterocycles. The van der Waals surface area contributed by atoms with Crippen molar-refractivity contribution in [1.82, 2.24) is 14.8 Å². The number of carbonyl (C=O) groups is 1. The Morgan fingerprint density at radius 3 is 2.68 bits per heavy atom. The van der Waals surface area contributed by atoms with Crippen molar-refractivity contribution in [3.8, 4) is 5.75 Å².